The van der Waals surface area contributed by atoms with Crippen LogP contribution in [0.5, 0.6) is 0 Å². The molecule has 0 bridgehead atoms. The summed E-state index contributed by atoms with van der Waals surface area (Å²) in [5, 5.41) is 0. The van der Waals surface area contributed by atoms with E-state index < -0.39 is 0 Å². The number of para-hydroxylation sites is 2. The molecule has 4 aromatic rings. The van der Waals surface area contributed by atoms with Gasteiger partial charge in [0.25, 0.3) is 0 Å². The minimum Gasteiger partial charge on any atom is -0.322 e. The zero-order valence-electron chi connectivity index (χ0n) is 18.8. The van der Waals surface area contributed by atoms with Crippen molar-refractivity contribution in [1.82, 2.24) is 14.5 Å². The van der Waals surface area contributed by atoms with Gasteiger partial charge in [0.1, 0.15) is 11.6 Å². The van der Waals surface area contributed by atoms with Gasteiger partial charge in [0.15, 0.2) is 0 Å². The lowest BCUT2D eigenvalue weighted by Crippen LogP contribution is -2.42. The first-order valence-electron chi connectivity index (χ1n) is 12.0. The maximum absolute atomic E-state index is 4.93. The summed E-state index contributed by atoms with van der Waals surface area (Å²) < 4.78 is 2.35. The minimum atomic E-state index is 0.232. The van der Waals surface area contributed by atoms with E-state index in [1.807, 2.05) is 6.20 Å². The number of pyridine rings is 1. The molecule has 1 unspecified atom stereocenters. The van der Waals surface area contributed by atoms with Gasteiger partial charge < -0.3 is 4.90 Å². The number of aryl methyl sites for hydroxylation is 1. The van der Waals surface area contributed by atoms with Crippen LogP contribution in [0.4, 0.5) is 11.5 Å². The summed E-state index contributed by atoms with van der Waals surface area (Å²) in [6.07, 6.45) is 9.41. The van der Waals surface area contributed by atoms with Gasteiger partial charge >= 0.3 is 0 Å². The Morgan fingerprint density at radius 1 is 0.969 bits per heavy atom. The summed E-state index contributed by atoms with van der Waals surface area (Å²) in [4.78, 5) is 12.4. The van der Waals surface area contributed by atoms with Gasteiger partial charge in [-0.25, -0.2) is 9.97 Å². The van der Waals surface area contributed by atoms with Crippen molar-refractivity contribution in [3.8, 4) is 5.69 Å². The summed E-state index contributed by atoms with van der Waals surface area (Å²) in [6, 6.07) is 18.2. The van der Waals surface area contributed by atoms with E-state index in [9.17, 15) is 0 Å². The molecule has 160 valence electrons. The normalized spacial score (nSPS) is 20.6. The Hall–Kier alpha value is -3.14. The van der Waals surface area contributed by atoms with Crippen LogP contribution in [0.1, 0.15) is 61.5 Å². The number of hydrogen-bond donors (Lipinski definition) is 0. The predicted molar refractivity (Wildman–Crippen MR) is 129 cm³/mol. The Kier molecular flexibility index (Phi) is 3.71. The van der Waals surface area contributed by atoms with Crippen molar-refractivity contribution in [2.24, 2.45) is 0 Å². The van der Waals surface area contributed by atoms with Crippen LogP contribution in [0.15, 0.2) is 54.7 Å². The van der Waals surface area contributed by atoms with Crippen molar-refractivity contribution in [3.63, 3.8) is 0 Å². The number of fused-ring (bicyclic) bond motifs is 7. The van der Waals surface area contributed by atoms with Crippen LogP contribution in [0.3, 0.4) is 0 Å². The van der Waals surface area contributed by atoms with Gasteiger partial charge in [0.2, 0.25) is 0 Å². The molecule has 1 saturated carbocycles. The molecule has 2 aliphatic heterocycles. The van der Waals surface area contributed by atoms with E-state index in [1.54, 1.807) is 0 Å². The van der Waals surface area contributed by atoms with E-state index in [1.165, 1.54) is 71.5 Å². The number of hydrogen-bond acceptors (Lipinski definition) is 3. The second-order valence-corrected chi connectivity index (χ2v) is 9.93. The first kappa shape index (κ1) is 18.4. The Bertz CT molecular complexity index is 1380. The lowest BCUT2D eigenvalue weighted by atomic mass is 9.67. The maximum Gasteiger partial charge on any atom is 0.137 e. The molecule has 1 fully saturated rings. The highest BCUT2D eigenvalue weighted by Crippen LogP contribution is 2.55. The third-order valence-electron chi connectivity index (χ3n) is 8.36. The molecule has 1 atom stereocenters. The summed E-state index contributed by atoms with van der Waals surface area (Å²) in [7, 11) is 0. The molecule has 7 rings (SSSR count). The van der Waals surface area contributed by atoms with Crippen molar-refractivity contribution < 1.29 is 0 Å². The molecule has 0 radical (unpaired) electrons. The summed E-state index contributed by atoms with van der Waals surface area (Å²) >= 11 is 0. The van der Waals surface area contributed by atoms with E-state index in [0.717, 1.165) is 17.8 Å². The van der Waals surface area contributed by atoms with Crippen LogP contribution in [0.2, 0.25) is 0 Å². The SMILES string of the molecule is Cc1cc2c(cc1N1c3ncccc3C3(CCCCC3)C1C)Cc1nc3ccccc3n1-2. The van der Waals surface area contributed by atoms with E-state index in [4.69, 9.17) is 9.97 Å². The van der Waals surface area contributed by atoms with Crippen LogP contribution in [-0.2, 0) is 11.8 Å². The summed E-state index contributed by atoms with van der Waals surface area (Å²) in [6.45, 7) is 4.69. The molecule has 0 N–H and O–H groups in total. The van der Waals surface area contributed by atoms with Crippen LogP contribution in [-0.4, -0.2) is 20.6 Å². The molecule has 1 spiro atoms. The topological polar surface area (TPSA) is 34.0 Å². The van der Waals surface area contributed by atoms with E-state index in [2.05, 4.69) is 71.8 Å². The molecule has 2 aromatic carbocycles. The van der Waals surface area contributed by atoms with Gasteiger partial charge in [-0.3, -0.25) is 4.57 Å². The van der Waals surface area contributed by atoms with Gasteiger partial charge in [-0.05, 0) is 68.1 Å². The number of aromatic nitrogens is 3. The molecule has 4 heteroatoms. The Morgan fingerprint density at radius 2 is 1.81 bits per heavy atom. The number of imidazole rings is 1. The third kappa shape index (κ3) is 2.27. The first-order valence-corrected chi connectivity index (χ1v) is 12.0. The second-order valence-electron chi connectivity index (χ2n) is 9.93. The highest BCUT2D eigenvalue weighted by molar-refractivity contribution is 5.82. The van der Waals surface area contributed by atoms with E-state index in [-0.39, 0.29) is 5.41 Å². The molecule has 4 nitrogen and oxygen atoms in total. The lowest BCUT2D eigenvalue weighted by Gasteiger charge is -2.40. The smallest absolute Gasteiger partial charge is 0.137 e. The van der Waals surface area contributed by atoms with Crippen molar-refractivity contribution >= 4 is 22.5 Å². The highest BCUT2D eigenvalue weighted by Gasteiger charge is 2.50. The Morgan fingerprint density at radius 3 is 2.69 bits per heavy atom. The fourth-order valence-electron chi connectivity index (χ4n) is 6.79. The average Bonchev–Trinajstić information content (AvgIpc) is 3.42. The van der Waals surface area contributed by atoms with Crippen molar-refractivity contribution in [2.45, 2.75) is 63.8 Å². The standard InChI is InChI=1S/C28H28N4/c1-18-15-25-20(17-26-30-22-10-4-5-11-23(22)32(25)26)16-24(18)31-19(2)28(12-6-3-7-13-28)21-9-8-14-29-27(21)31/h4-5,8-11,14-16,19H,3,6-7,12-13,17H2,1-2H3. The quantitative estimate of drug-likeness (QED) is 0.316. The third-order valence-corrected chi connectivity index (χ3v) is 8.36. The van der Waals surface area contributed by atoms with Gasteiger partial charge in [0.05, 0.1) is 16.7 Å². The Labute approximate surface area is 188 Å². The van der Waals surface area contributed by atoms with Crippen molar-refractivity contribution in [1.29, 1.82) is 0 Å². The molecule has 0 amide bonds. The summed E-state index contributed by atoms with van der Waals surface area (Å²) in [5.41, 5.74) is 9.27. The van der Waals surface area contributed by atoms with Gasteiger partial charge in [0, 0.05) is 35.3 Å². The molecule has 4 heterocycles. The number of anilines is 2. The van der Waals surface area contributed by atoms with Gasteiger partial charge in [-0.15, -0.1) is 0 Å². The fraction of sp³-hybridized carbons (Fsp3) is 0.357. The first-order chi connectivity index (χ1) is 15.7. The van der Waals surface area contributed by atoms with Crippen molar-refractivity contribution in [3.05, 3.63) is 77.2 Å². The monoisotopic (exact) mass is 420 g/mol. The van der Waals surface area contributed by atoms with Crippen LogP contribution in [0, 0.1) is 6.92 Å². The van der Waals surface area contributed by atoms with Crippen LogP contribution < -0.4 is 4.90 Å². The molecular weight excluding hydrogens is 392 g/mol. The molecule has 2 aromatic heterocycles. The largest absolute Gasteiger partial charge is 0.322 e. The van der Waals surface area contributed by atoms with Crippen LogP contribution >= 0.6 is 0 Å². The van der Waals surface area contributed by atoms with Gasteiger partial charge in [-0.1, -0.05) is 37.5 Å². The van der Waals surface area contributed by atoms with Gasteiger partial charge in [-0.2, -0.15) is 0 Å². The van der Waals surface area contributed by atoms with E-state index in [0.29, 0.717) is 6.04 Å². The predicted octanol–water partition coefficient (Wildman–Crippen LogP) is 6.38. The summed E-state index contributed by atoms with van der Waals surface area (Å²) in [5.74, 6) is 2.32. The number of rotatable bonds is 1. The molecular formula is C28H28N4. The fourth-order valence-corrected chi connectivity index (χ4v) is 6.79. The zero-order chi connectivity index (χ0) is 21.4. The number of nitrogens with zero attached hydrogens (tertiary/aromatic N) is 4. The Balaban J connectivity index is 1.38. The van der Waals surface area contributed by atoms with Crippen molar-refractivity contribution in [2.75, 3.05) is 4.90 Å². The molecule has 1 aliphatic carbocycles. The van der Waals surface area contributed by atoms with Crippen LogP contribution in [0.25, 0.3) is 16.7 Å². The molecule has 3 aliphatic rings. The average molecular weight is 421 g/mol. The molecule has 32 heavy (non-hydrogen) atoms. The zero-order valence-corrected chi connectivity index (χ0v) is 18.8. The lowest BCUT2D eigenvalue weighted by molar-refractivity contribution is 0.268. The van der Waals surface area contributed by atoms with E-state index >= 15 is 0 Å². The maximum atomic E-state index is 4.93. The molecule has 0 saturated heterocycles. The second kappa shape index (κ2) is 6.44. The minimum absolute atomic E-state index is 0.232. The highest BCUT2D eigenvalue weighted by atomic mass is 15.3. The number of benzene rings is 2.